The molecule has 2 aromatic heterocycles. The van der Waals surface area contributed by atoms with E-state index in [9.17, 15) is 24.3 Å². The van der Waals surface area contributed by atoms with Gasteiger partial charge >= 0.3 is 17.8 Å². The molecule has 0 saturated carbocycles. The molecule has 0 radical (unpaired) electrons. The van der Waals surface area contributed by atoms with Crippen molar-refractivity contribution in [2.75, 3.05) is 25.5 Å². The van der Waals surface area contributed by atoms with E-state index in [1.54, 1.807) is 19.2 Å². The summed E-state index contributed by atoms with van der Waals surface area (Å²) < 4.78 is 5.20. The average Bonchev–Trinajstić information content (AvgIpc) is 3.38. The van der Waals surface area contributed by atoms with E-state index < -0.39 is 23.9 Å². The quantitative estimate of drug-likeness (QED) is 0.294. The highest BCUT2D eigenvalue weighted by atomic mass is 32.1. The van der Waals surface area contributed by atoms with Crippen LogP contribution >= 0.6 is 11.3 Å². The summed E-state index contributed by atoms with van der Waals surface area (Å²) in [6.07, 6.45) is 0.394. The number of aromatic amines is 1. The fourth-order valence-electron chi connectivity index (χ4n) is 3.76. The Balaban J connectivity index is 1.53. The Labute approximate surface area is 190 Å². The first-order valence-electron chi connectivity index (χ1n) is 9.90. The molecule has 1 aliphatic rings. The lowest BCUT2D eigenvalue weighted by molar-refractivity contribution is -0.147. The number of amides is 2. The van der Waals surface area contributed by atoms with E-state index in [4.69, 9.17) is 9.84 Å². The van der Waals surface area contributed by atoms with Crippen LogP contribution in [0.15, 0.2) is 24.3 Å². The van der Waals surface area contributed by atoms with Crippen LogP contribution < -0.4 is 20.7 Å². The molecule has 0 fully saturated rings. The number of carboxylic acids is 2. The van der Waals surface area contributed by atoms with Gasteiger partial charge in [0.2, 0.25) is 0 Å². The molecule has 0 spiro atoms. The third-order valence-electron chi connectivity index (χ3n) is 5.29. The van der Waals surface area contributed by atoms with Gasteiger partial charge in [0.1, 0.15) is 16.4 Å². The number of carbonyl (C=O) groups is 4. The Morgan fingerprint density at radius 2 is 2.00 bits per heavy atom. The zero-order chi connectivity index (χ0) is 23.7. The van der Waals surface area contributed by atoms with Gasteiger partial charge in [-0.2, -0.15) is 0 Å². The first kappa shape index (κ1) is 22.3. The highest BCUT2D eigenvalue weighted by Gasteiger charge is 2.31. The number of thiophene rings is 1. The molecule has 172 valence electrons. The number of aromatic carboxylic acids is 1. The van der Waals surface area contributed by atoms with Gasteiger partial charge in [-0.15, -0.1) is 11.3 Å². The number of nitrogens with one attached hydrogen (secondary N) is 4. The number of hydrogen-bond donors (Lipinski definition) is 6. The van der Waals surface area contributed by atoms with Gasteiger partial charge in [0.25, 0.3) is 5.91 Å². The van der Waals surface area contributed by atoms with Crippen molar-refractivity contribution >= 4 is 51.0 Å². The highest BCUT2D eigenvalue weighted by Crippen LogP contribution is 2.39. The molecule has 3 heterocycles. The maximum absolute atomic E-state index is 12.7. The number of H-pyrrole nitrogens is 1. The van der Waals surface area contributed by atoms with Crippen LogP contribution in [0.1, 0.15) is 37.3 Å². The summed E-state index contributed by atoms with van der Waals surface area (Å²) in [4.78, 5) is 50.7. The van der Waals surface area contributed by atoms with Gasteiger partial charge in [-0.05, 0) is 42.8 Å². The second kappa shape index (κ2) is 8.92. The third kappa shape index (κ3) is 4.38. The van der Waals surface area contributed by atoms with E-state index in [-0.39, 0.29) is 23.0 Å². The van der Waals surface area contributed by atoms with Crippen molar-refractivity contribution in [3.8, 4) is 5.75 Å². The summed E-state index contributed by atoms with van der Waals surface area (Å²) in [7, 11) is 1.56. The molecular formula is C21H20N4O7S. The molecule has 0 aliphatic carbocycles. The number of hydrogen-bond acceptors (Lipinski definition) is 7. The van der Waals surface area contributed by atoms with Gasteiger partial charge in [0.05, 0.1) is 18.7 Å². The first-order valence-corrected chi connectivity index (χ1v) is 10.7. The molecule has 4 rings (SSSR count). The molecule has 1 unspecified atom stereocenters. The molecule has 6 N–H and O–H groups in total. The summed E-state index contributed by atoms with van der Waals surface area (Å²) in [5, 5.41) is 27.5. The maximum Gasteiger partial charge on any atom is 0.394 e. The Kier molecular flexibility index (Phi) is 6.03. The predicted octanol–water partition coefficient (Wildman–Crippen LogP) is 1.58. The SMILES string of the molecule is COc1ccc2[nH]c(C(=O)NCC3NCCc4c3sc(NC(=O)C(=O)O)c4C(=O)O)cc2c1. The number of aromatic nitrogens is 1. The lowest BCUT2D eigenvalue weighted by Gasteiger charge is -2.24. The van der Waals surface area contributed by atoms with Crippen LogP contribution in [0.2, 0.25) is 0 Å². The van der Waals surface area contributed by atoms with Crippen molar-refractivity contribution in [2.45, 2.75) is 12.5 Å². The van der Waals surface area contributed by atoms with Crippen LogP contribution in [0.3, 0.4) is 0 Å². The summed E-state index contributed by atoms with van der Waals surface area (Å²) in [5.41, 5.74) is 1.54. The molecule has 1 aromatic carbocycles. The fraction of sp³-hybridized carbons (Fsp3) is 0.238. The van der Waals surface area contributed by atoms with E-state index >= 15 is 0 Å². The normalized spacial score (nSPS) is 15.0. The van der Waals surface area contributed by atoms with Crippen molar-refractivity contribution in [3.63, 3.8) is 0 Å². The van der Waals surface area contributed by atoms with Crippen LogP contribution in [0.4, 0.5) is 5.00 Å². The molecule has 3 aromatic rings. The standard InChI is InChI=1S/C21H20N4O7S/c1-32-10-2-3-12-9(6-10)7-13(24-12)17(26)23-8-14-16-11(4-5-22-14)15(20(28)29)19(33-16)25-18(27)21(30)31/h2-3,6-7,14,22,24H,4-5,8H2,1H3,(H,23,26)(H,25,27)(H,28,29)(H,30,31). The fourth-order valence-corrected chi connectivity index (χ4v) is 5.07. The van der Waals surface area contributed by atoms with E-state index in [0.717, 1.165) is 22.2 Å². The number of methoxy groups -OCH3 is 1. The summed E-state index contributed by atoms with van der Waals surface area (Å²) >= 11 is 0.988. The molecule has 11 nitrogen and oxygen atoms in total. The van der Waals surface area contributed by atoms with E-state index in [0.29, 0.717) is 34.8 Å². The lowest BCUT2D eigenvalue weighted by atomic mass is 9.99. The second-order valence-electron chi connectivity index (χ2n) is 7.32. The molecule has 2 amide bonds. The van der Waals surface area contributed by atoms with Crippen LogP contribution in [-0.2, 0) is 16.0 Å². The van der Waals surface area contributed by atoms with Crippen molar-refractivity contribution in [1.82, 2.24) is 15.6 Å². The number of carbonyl (C=O) groups excluding carboxylic acids is 2. The van der Waals surface area contributed by atoms with Gasteiger partial charge in [-0.25, -0.2) is 9.59 Å². The topological polar surface area (TPSA) is 170 Å². The van der Waals surface area contributed by atoms with Gasteiger partial charge in [-0.1, -0.05) is 0 Å². The summed E-state index contributed by atoms with van der Waals surface area (Å²) in [5.74, 6) is -3.95. The number of anilines is 1. The zero-order valence-corrected chi connectivity index (χ0v) is 18.2. The summed E-state index contributed by atoms with van der Waals surface area (Å²) in [6, 6.07) is 6.71. The van der Waals surface area contributed by atoms with E-state index in [1.165, 1.54) is 0 Å². The van der Waals surface area contributed by atoms with E-state index in [2.05, 4.69) is 20.9 Å². The Hall–Kier alpha value is -3.90. The smallest absolute Gasteiger partial charge is 0.394 e. The Bertz CT molecular complexity index is 1280. The largest absolute Gasteiger partial charge is 0.497 e. The molecule has 0 bridgehead atoms. The highest BCUT2D eigenvalue weighted by molar-refractivity contribution is 7.17. The van der Waals surface area contributed by atoms with Gasteiger partial charge in [-0.3, -0.25) is 9.59 Å². The van der Waals surface area contributed by atoms with E-state index in [1.807, 2.05) is 12.1 Å². The minimum absolute atomic E-state index is 0.0375. The number of fused-ring (bicyclic) bond motifs is 2. The third-order valence-corrected chi connectivity index (χ3v) is 6.56. The van der Waals surface area contributed by atoms with Crippen molar-refractivity contribution in [3.05, 3.63) is 46.0 Å². The van der Waals surface area contributed by atoms with Gasteiger partial charge in [0.15, 0.2) is 0 Å². The number of aliphatic carboxylic acids is 1. The first-order chi connectivity index (χ1) is 15.8. The molecule has 1 atom stereocenters. The lowest BCUT2D eigenvalue weighted by Crippen LogP contribution is -2.38. The minimum Gasteiger partial charge on any atom is -0.497 e. The average molecular weight is 472 g/mol. The molecular weight excluding hydrogens is 452 g/mol. The van der Waals surface area contributed by atoms with Crippen LogP contribution in [-0.4, -0.2) is 59.1 Å². The van der Waals surface area contributed by atoms with Crippen molar-refractivity contribution < 1.29 is 34.1 Å². The molecule has 12 heteroatoms. The second-order valence-corrected chi connectivity index (χ2v) is 8.37. The monoisotopic (exact) mass is 472 g/mol. The predicted molar refractivity (Wildman–Crippen MR) is 119 cm³/mol. The summed E-state index contributed by atoms with van der Waals surface area (Å²) in [6.45, 7) is 0.624. The van der Waals surface area contributed by atoms with Crippen molar-refractivity contribution in [2.24, 2.45) is 0 Å². The number of benzene rings is 1. The number of rotatable bonds is 6. The van der Waals surface area contributed by atoms with Gasteiger partial charge in [0, 0.05) is 22.3 Å². The van der Waals surface area contributed by atoms with Crippen LogP contribution in [0.5, 0.6) is 5.75 Å². The Morgan fingerprint density at radius 1 is 1.21 bits per heavy atom. The van der Waals surface area contributed by atoms with Gasteiger partial charge < -0.3 is 35.9 Å². The minimum atomic E-state index is -1.71. The maximum atomic E-state index is 12.7. The van der Waals surface area contributed by atoms with Crippen LogP contribution in [0.25, 0.3) is 10.9 Å². The molecule has 33 heavy (non-hydrogen) atoms. The van der Waals surface area contributed by atoms with Crippen LogP contribution in [0, 0.1) is 0 Å². The Morgan fingerprint density at radius 3 is 2.70 bits per heavy atom. The zero-order valence-electron chi connectivity index (χ0n) is 17.4. The number of carboxylic acid groups (broad SMARTS) is 2. The van der Waals surface area contributed by atoms with Crippen molar-refractivity contribution in [1.29, 1.82) is 0 Å². The molecule has 0 saturated heterocycles. The number of ether oxygens (including phenoxy) is 1. The molecule has 1 aliphatic heterocycles.